The largest absolute Gasteiger partial charge is 0.310 e. The Hall–Kier alpha value is -1.20. The molecule has 1 N–H and O–H groups in total. The van der Waals surface area contributed by atoms with Crippen molar-refractivity contribution in [2.45, 2.75) is 26.8 Å². The Morgan fingerprint density at radius 2 is 2.38 bits per heavy atom. The van der Waals surface area contributed by atoms with Gasteiger partial charge in [0.15, 0.2) is 0 Å². The fourth-order valence-corrected chi connectivity index (χ4v) is 2.43. The average molecular weight is 236 g/mol. The summed E-state index contributed by atoms with van der Waals surface area (Å²) in [5.74, 6) is 0. The van der Waals surface area contributed by atoms with Gasteiger partial charge in [0.05, 0.1) is 6.20 Å². The van der Waals surface area contributed by atoms with E-state index in [1.165, 1.54) is 5.56 Å². The fraction of sp³-hybridized carbons (Fsp3) is 0.455. The molecule has 0 spiro atoms. The summed E-state index contributed by atoms with van der Waals surface area (Å²) in [6.07, 6.45) is 3.72. The highest BCUT2D eigenvalue weighted by atomic mass is 32.1. The van der Waals surface area contributed by atoms with Crippen LogP contribution in [0.15, 0.2) is 17.8 Å². The second-order valence-corrected chi connectivity index (χ2v) is 4.56. The molecule has 86 valence electrons. The minimum atomic E-state index is 0.332. The summed E-state index contributed by atoms with van der Waals surface area (Å²) in [6.45, 7) is 7.30. The molecular weight excluding hydrogens is 220 g/mol. The van der Waals surface area contributed by atoms with Crippen molar-refractivity contribution in [1.29, 1.82) is 0 Å². The normalized spacial score (nSPS) is 12.9. The Kier molecular flexibility index (Phi) is 3.36. The molecule has 5 heteroatoms. The van der Waals surface area contributed by atoms with E-state index < -0.39 is 0 Å². The van der Waals surface area contributed by atoms with Crippen molar-refractivity contribution in [2.75, 3.05) is 6.54 Å². The first-order valence-electron chi connectivity index (χ1n) is 5.41. The summed E-state index contributed by atoms with van der Waals surface area (Å²) in [5.41, 5.74) is 2.39. The molecule has 0 aliphatic carbocycles. The van der Waals surface area contributed by atoms with Crippen LogP contribution in [0, 0.1) is 6.92 Å². The Balaban J connectivity index is 2.31. The maximum atomic E-state index is 4.39. The van der Waals surface area contributed by atoms with Crippen LogP contribution >= 0.6 is 11.3 Å². The zero-order valence-electron chi connectivity index (χ0n) is 9.77. The van der Waals surface area contributed by atoms with Gasteiger partial charge < -0.3 is 5.32 Å². The summed E-state index contributed by atoms with van der Waals surface area (Å²) in [7, 11) is 0. The SMILES string of the molecule is CCNC(C)c1cnn(-c2nccs2)c1C. The highest BCUT2D eigenvalue weighted by Crippen LogP contribution is 2.20. The van der Waals surface area contributed by atoms with E-state index in [1.807, 2.05) is 16.3 Å². The van der Waals surface area contributed by atoms with Gasteiger partial charge in [-0.25, -0.2) is 9.67 Å². The van der Waals surface area contributed by atoms with E-state index in [0.29, 0.717) is 6.04 Å². The van der Waals surface area contributed by atoms with Gasteiger partial charge in [-0.3, -0.25) is 0 Å². The zero-order chi connectivity index (χ0) is 11.5. The molecule has 2 aromatic rings. The van der Waals surface area contributed by atoms with Crippen LogP contribution in [0.1, 0.15) is 31.1 Å². The first-order chi connectivity index (χ1) is 7.74. The third-order valence-electron chi connectivity index (χ3n) is 2.63. The molecule has 0 aliphatic heterocycles. The van der Waals surface area contributed by atoms with Gasteiger partial charge in [0, 0.05) is 28.9 Å². The smallest absolute Gasteiger partial charge is 0.210 e. The number of nitrogens with zero attached hydrogens (tertiary/aromatic N) is 3. The molecule has 0 amide bonds. The lowest BCUT2D eigenvalue weighted by atomic mass is 10.1. The van der Waals surface area contributed by atoms with Crippen LogP contribution in [0.25, 0.3) is 5.13 Å². The van der Waals surface area contributed by atoms with Crippen molar-refractivity contribution >= 4 is 11.3 Å². The molecule has 0 aromatic carbocycles. The summed E-state index contributed by atoms with van der Waals surface area (Å²) >= 11 is 1.60. The third-order valence-corrected chi connectivity index (χ3v) is 3.37. The Morgan fingerprint density at radius 1 is 1.56 bits per heavy atom. The minimum absolute atomic E-state index is 0.332. The molecule has 2 rings (SSSR count). The lowest BCUT2D eigenvalue weighted by Crippen LogP contribution is -2.18. The highest BCUT2D eigenvalue weighted by Gasteiger charge is 2.14. The van der Waals surface area contributed by atoms with E-state index in [0.717, 1.165) is 17.4 Å². The first-order valence-corrected chi connectivity index (χ1v) is 6.29. The van der Waals surface area contributed by atoms with Crippen molar-refractivity contribution in [1.82, 2.24) is 20.1 Å². The molecule has 2 aromatic heterocycles. The molecule has 16 heavy (non-hydrogen) atoms. The number of hydrogen-bond donors (Lipinski definition) is 1. The van der Waals surface area contributed by atoms with Gasteiger partial charge in [-0.15, -0.1) is 11.3 Å². The van der Waals surface area contributed by atoms with Crippen LogP contribution in [0.5, 0.6) is 0 Å². The van der Waals surface area contributed by atoms with Crippen LogP contribution in [-0.2, 0) is 0 Å². The van der Waals surface area contributed by atoms with Gasteiger partial charge in [-0.2, -0.15) is 5.10 Å². The molecule has 0 radical (unpaired) electrons. The van der Waals surface area contributed by atoms with E-state index in [2.05, 4.69) is 36.2 Å². The molecular formula is C11H16N4S. The van der Waals surface area contributed by atoms with Crippen LogP contribution < -0.4 is 5.32 Å². The number of nitrogens with one attached hydrogen (secondary N) is 1. The molecule has 0 bridgehead atoms. The second-order valence-electron chi connectivity index (χ2n) is 3.69. The first kappa shape index (κ1) is 11.3. The Labute approximate surface area is 99.3 Å². The molecule has 1 unspecified atom stereocenters. The van der Waals surface area contributed by atoms with Crippen molar-refractivity contribution < 1.29 is 0 Å². The summed E-state index contributed by atoms with van der Waals surface area (Å²) < 4.78 is 1.90. The van der Waals surface area contributed by atoms with E-state index in [9.17, 15) is 0 Å². The molecule has 0 aliphatic rings. The Morgan fingerprint density at radius 3 is 3.00 bits per heavy atom. The van der Waals surface area contributed by atoms with Crippen LogP contribution in [-0.4, -0.2) is 21.3 Å². The molecule has 4 nitrogen and oxygen atoms in total. The maximum absolute atomic E-state index is 4.39. The minimum Gasteiger partial charge on any atom is -0.310 e. The molecule has 0 saturated heterocycles. The van der Waals surface area contributed by atoms with Gasteiger partial charge >= 0.3 is 0 Å². The zero-order valence-corrected chi connectivity index (χ0v) is 10.6. The molecule has 0 saturated carbocycles. The van der Waals surface area contributed by atoms with E-state index in [-0.39, 0.29) is 0 Å². The number of hydrogen-bond acceptors (Lipinski definition) is 4. The van der Waals surface area contributed by atoms with E-state index >= 15 is 0 Å². The topological polar surface area (TPSA) is 42.7 Å². The van der Waals surface area contributed by atoms with Gasteiger partial charge in [-0.1, -0.05) is 6.92 Å². The van der Waals surface area contributed by atoms with Gasteiger partial charge in [-0.05, 0) is 20.4 Å². The van der Waals surface area contributed by atoms with Crippen molar-refractivity contribution in [2.24, 2.45) is 0 Å². The van der Waals surface area contributed by atoms with Crippen molar-refractivity contribution in [3.8, 4) is 5.13 Å². The highest BCUT2D eigenvalue weighted by molar-refractivity contribution is 7.12. The molecule has 1 atom stereocenters. The number of rotatable bonds is 4. The van der Waals surface area contributed by atoms with Crippen molar-refractivity contribution in [3.05, 3.63) is 29.0 Å². The Bertz CT molecular complexity index is 447. The van der Waals surface area contributed by atoms with E-state index in [4.69, 9.17) is 0 Å². The summed E-state index contributed by atoms with van der Waals surface area (Å²) in [6, 6.07) is 0.332. The third kappa shape index (κ3) is 2.01. The predicted octanol–water partition coefficient (Wildman–Crippen LogP) is 2.31. The number of thiazole rings is 1. The van der Waals surface area contributed by atoms with Crippen molar-refractivity contribution in [3.63, 3.8) is 0 Å². The molecule has 2 heterocycles. The summed E-state index contributed by atoms with van der Waals surface area (Å²) in [4.78, 5) is 4.26. The predicted molar refractivity (Wildman–Crippen MR) is 66.1 cm³/mol. The van der Waals surface area contributed by atoms with Crippen LogP contribution in [0.2, 0.25) is 0 Å². The second kappa shape index (κ2) is 4.76. The summed E-state index contributed by atoms with van der Waals surface area (Å²) in [5, 5.41) is 10.7. The fourth-order valence-electron chi connectivity index (χ4n) is 1.78. The average Bonchev–Trinajstić information content (AvgIpc) is 2.86. The van der Waals surface area contributed by atoms with Gasteiger partial charge in [0.2, 0.25) is 5.13 Å². The van der Waals surface area contributed by atoms with E-state index in [1.54, 1.807) is 17.5 Å². The van der Waals surface area contributed by atoms with Crippen LogP contribution in [0.4, 0.5) is 0 Å². The standard InChI is InChI=1S/C11H16N4S/c1-4-12-8(2)10-7-14-15(9(10)3)11-13-5-6-16-11/h5-8,12H,4H2,1-3H3. The van der Waals surface area contributed by atoms with Gasteiger partial charge in [0.1, 0.15) is 0 Å². The monoisotopic (exact) mass is 236 g/mol. The quantitative estimate of drug-likeness (QED) is 0.885. The van der Waals surface area contributed by atoms with Gasteiger partial charge in [0.25, 0.3) is 0 Å². The number of aromatic nitrogens is 3. The van der Waals surface area contributed by atoms with Crippen LogP contribution in [0.3, 0.4) is 0 Å². The molecule has 0 fully saturated rings. The lowest BCUT2D eigenvalue weighted by molar-refractivity contribution is 0.594. The maximum Gasteiger partial charge on any atom is 0.210 e. The lowest BCUT2D eigenvalue weighted by Gasteiger charge is -2.11.